The number of rotatable bonds is 1. The van der Waals surface area contributed by atoms with Crippen molar-refractivity contribution in [3.8, 4) is 0 Å². The monoisotopic (exact) mass is 222 g/mol. The average molecular weight is 222 g/mol. The Bertz CT molecular complexity index is 266. The highest BCUT2D eigenvalue weighted by atomic mass is 16.7. The lowest BCUT2D eigenvalue weighted by Gasteiger charge is -2.43. The average Bonchev–Trinajstić information content (AvgIpc) is 2.80. The van der Waals surface area contributed by atoms with Gasteiger partial charge >= 0.3 is 0 Å². The second-order valence-corrected chi connectivity index (χ2v) is 5.41. The predicted molar refractivity (Wildman–Crippen MR) is 63.1 cm³/mol. The summed E-state index contributed by atoms with van der Waals surface area (Å²) in [6.07, 6.45) is 13.6. The molecule has 0 amide bonds. The Morgan fingerprint density at radius 2 is 1.88 bits per heavy atom. The Labute approximate surface area is 98.0 Å². The second kappa shape index (κ2) is 4.50. The molecule has 0 aromatic carbocycles. The molecule has 1 aliphatic heterocycles. The molecule has 1 saturated heterocycles. The molecule has 0 aromatic heterocycles. The van der Waals surface area contributed by atoms with Gasteiger partial charge in [-0.3, -0.25) is 0 Å². The zero-order chi connectivity index (χ0) is 10.8. The third kappa shape index (κ3) is 1.82. The summed E-state index contributed by atoms with van der Waals surface area (Å²) in [5, 5.41) is 0. The van der Waals surface area contributed by atoms with Gasteiger partial charge < -0.3 is 9.47 Å². The van der Waals surface area contributed by atoms with Crippen LogP contribution in [0.2, 0.25) is 0 Å². The molecule has 0 aromatic rings. The first-order valence-corrected chi connectivity index (χ1v) is 6.84. The van der Waals surface area contributed by atoms with E-state index in [2.05, 4.69) is 12.2 Å². The van der Waals surface area contributed by atoms with E-state index >= 15 is 0 Å². The molecular formula is C14H22O2. The maximum absolute atomic E-state index is 6.00. The van der Waals surface area contributed by atoms with Crippen molar-refractivity contribution in [1.29, 1.82) is 0 Å². The van der Waals surface area contributed by atoms with E-state index in [9.17, 15) is 0 Å². The van der Waals surface area contributed by atoms with Crippen LogP contribution in [0.15, 0.2) is 12.2 Å². The minimum atomic E-state index is -0.186. The summed E-state index contributed by atoms with van der Waals surface area (Å²) in [5.74, 6) is 1.26. The summed E-state index contributed by atoms with van der Waals surface area (Å²) in [7, 11) is 0. The fraction of sp³-hybridized carbons (Fsp3) is 0.857. The Morgan fingerprint density at radius 3 is 2.62 bits per heavy atom. The standard InChI is InChI=1S/C14H22O2/c1-2-6-12(7-3-1)13-8-4-5-9-14(13)15-10-11-16-14/h1-2,12-13H,3-11H2. The van der Waals surface area contributed by atoms with Gasteiger partial charge in [-0.1, -0.05) is 18.6 Å². The highest BCUT2D eigenvalue weighted by molar-refractivity contribution is 4.97. The summed E-state index contributed by atoms with van der Waals surface area (Å²) >= 11 is 0. The van der Waals surface area contributed by atoms with E-state index < -0.39 is 0 Å². The van der Waals surface area contributed by atoms with Crippen molar-refractivity contribution in [1.82, 2.24) is 0 Å². The van der Waals surface area contributed by atoms with Crippen LogP contribution in [0.5, 0.6) is 0 Å². The quantitative estimate of drug-likeness (QED) is 0.634. The van der Waals surface area contributed by atoms with E-state index in [0.29, 0.717) is 5.92 Å². The molecule has 90 valence electrons. The van der Waals surface area contributed by atoms with Crippen molar-refractivity contribution >= 4 is 0 Å². The van der Waals surface area contributed by atoms with Gasteiger partial charge in [0, 0.05) is 12.3 Å². The van der Waals surface area contributed by atoms with Crippen LogP contribution in [0.4, 0.5) is 0 Å². The predicted octanol–water partition coefficient (Wildman–Crippen LogP) is 3.28. The van der Waals surface area contributed by atoms with Gasteiger partial charge in [-0.05, 0) is 38.0 Å². The molecule has 1 saturated carbocycles. The molecule has 0 N–H and O–H groups in total. The largest absolute Gasteiger partial charge is 0.347 e. The topological polar surface area (TPSA) is 18.5 Å². The fourth-order valence-corrected chi connectivity index (χ4v) is 3.75. The van der Waals surface area contributed by atoms with Gasteiger partial charge in [0.05, 0.1) is 13.2 Å². The van der Waals surface area contributed by atoms with Crippen LogP contribution >= 0.6 is 0 Å². The van der Waals surface area contributed by atoms with Gasteiger partial charge in [-0.15, -0.1) is 0 Å². The van der Waals surface area contributed by atoms with Crippen LogP contribution < -0.4 is 0 Å². The first-order chi connectivity index (χ1) is 7.91. The van der Waals surface area contributed by atoms with E-state index in [1.54, 1.807) is 0 Å². The minimum absolute atomic E-state index is 0.186. The molecule has 16 heavy (non-hydrogen) atoms. The molecule has 2 unspecified atom stereocenters. The lowest BCUT2D eigenvalue weighted by Crippen LogP contribution is -2.45. The van der Waals surface area contributed by atoms with Crippen molar-refractivity contribution in [2.75, 3.05) is 13.2 Å². The molecule has 2 heteroatoms. The number of allylic oxidation sites excluding steroid dienone is 2. The smallest absolute Gasteiger partial charge is 0.171 e. The summed E-state index contributed by atoms with van der Waals surface area (Å²) in [6, 6.07) is 0. The zero-order valence-corrected chi connectivity index (χ0v) is 9.99. The molecule has 3 aliphatic rings. The van der Waals surface area contributed by atoms with Crippen molar-refractivity contribution in [2.45, 2.75) is 50.7 Å². The zero-order valence-electron chi connectivity index (χ0n) is 9.99. The van der Waals surface area contributed by atoms with Crippen LogP contribution in [-0.4, -0.2) is 19.0 Å². The summed E-state index contributed by atoms with van der Waals surface area (Å²) in [5.41, 5.74) is 0. The van der Waals surface area contributed by atoms with Gasteiger partial charge in [0.1, 0.15) is 0 Å². The molecule has 3 rings (SSSR count). The number of hydrogen-bond acceptors (Lipinski definition) is 2. The Balaban J connectivity index is 1.77. The van der Waals surface area contributed by atoms with Crippen molar-refractivity contribution in [2.24, 2.45) is 11.8 Å². The SMILES string of the molecule is C1=CCC(C2CCCCC23OCCO3)CC1. The normalized spacial score (nSPS) is 38.0. The van der Waals surface area contributed by atoms with Gasteiger partial charge in [-0.25, -0.2) is 0 Å². The lowest BCUT2D eigenvalue weighted by molar-refractivity contribution is -0.225. The molecule has 2 fully saturated rings. The van der Waals surface area contributed by atoms with Crippen LogP contribution in [0.25, 0.3) is 0 Å². The molecule has 2 atom stereocenters. The van der Waals surface area contributed by atoms with Gasteiger partial charge in [0.25, 0.3) is 0 Å². The number of ether oxygens (including phenoxy) is 2. The Morgan fingerprint density at radius 1 is 1.00 bits per heavy atom. The summed E-state index contributed by atoms with van der Waals surface area (Å²) in [4.78, 5) is 0. The molecule has 1 spiro atoms. The van der Waals surface area contributed by atoms with E-state index in [4.69, 9.17) is 9.47 Å². The van der Waals surface area contributed by atoms with Crippen LogP contribution in [0, 0.1) is 11.8 Å². The minimum Gasteiger partial charge on any atom is -0.347 e. The van der Waals surface area contributed by atoms with Crippen molar-refractivity contribution < 1.29 is 9.47 Å². The van der Waals surface area contributed by atoms with Crippen LogP contribution in [0.3, 0.4) is 0 Å². The third-order valence-electron chi connectivity index (χ3n) is 4.51. The van der Waals surface area contributed by atoms with E-state index in [1.807, 2.05) is 0 Å². The highest BCUT2D eigenvalue weighted by Crippen LogP contribution is 2.46. The molecule has 0 bridgehead atoms. The fourth-order valence-electron chi connectivity index (χ4n) is 3.75. The first-order valence-electron chi connectivity index (χ1n) is 6.84. The van der Waals surface area contributed by atoms with Crippen LogP contribution in [0.1, 0.15) is 44.9 Å². The van der Waals surface area contributed by atoms with Crippen LogP contribution in [-0.2, 0) is 9.47 Å². The Kier molecular flexibility index (Phi) is 3.03. The lowest BCUT2D eigenvalue weighted by atomic mass is 9.71. The second-order valence-electron chi connectivity index (χ2n) is 5.41. The molecule has 0 radical (unpaired) electrons. The first kappa shape index (κ1) is 10.8. The van der Waals surface area contributed by atoms with Crippen molar-refractivity contribution in [3.05, 3.63) is 12.2 Å². The highest BCUT2D eigenvalue weighted by Gasteiger charge is 2.48. The van der Waals surface area contributed by atoms with Crippen molar-refractivity contribution in [3.63, 3.8) is 0 Å². The number of hydrogen-bond donors (Lipinski definition) is 0. The maximum atomic E-state index is 6.00. The van der Waals surface area contributed by atoms with Gasteiger partial charge in [-0.2, -0.15) is 0 Å². The molecule has 2 aliphatic carbocycles. The summed E-state index contributed by atoms with van der Waals surface area (Å²) in [6.45, 7) is 1.61. The molecular weight excluding hydrogens is 200 g/mol. The molecule has 1 heterocycles. The van der Waals surface area contributed by atoms with E-state index in [0.717, 1.165) is 25.6 Å². The van der Waals surface area contributed by atoms with E-state index in [1.165, 1.54) is 38.5 Å². The van der Waals surface area contributed by atoms with E-state index in [-0.39, 0.29) is 5.79 Å². The third-order valence-corrected chi connectivity index (χ3v) is 4.51. The maximum Gasteiger partial charge on any atom is 0.171 e. The van der Waals surface area contributed by atoms with Gasteiger partial charge in [0.15, 0.2) is 5.79 Å². The summed E-state index contributed by atoms with van der Waals surface area (Å²) < 4.78 is 12.0. The van der Waals surface area contributed by atoms with Gasteiger partial charge in [0.2, 0.25) is 0 Å². The molecule has 2 nitrogen and oxygen atoms in total. The Hall–Kier alpha value is -0.340.